The zero-order valence-electron chi connectivity index (χ0n) is 11.9. The average Bonchev–Trinajstić information content (AvgIpc) is 3.07. The molecule has 3 heterocycles. The Morgan fingerprint density at radius 1 is 1.24 bits per heavy atom. The van der Waals surface area contributed by atoms with Gasteiger partial charge in [-0.3, -0.25) is 9.36 Å². The van der Waals surface area contributed by atoms with Crippen LogP contribution in [0.2, 0.25) is 5.15 Å². The molecule has 3 aromatic heterocycles. The van der Waals surface area contributed by atoms with Gasteiger partial charge < -0.3 is 0 Å². The first-order chi connectivity index (χ1) is 10.2. The van der Waals surface area contributed by atoms with Gasteiger partial charge in [0.25, 0.3) is 0 Å². The summed E-state index contributed by atoms with van der Waals surface area (Å²) in [5.74, 6) is 0.576. The molecule has 6 nitrogen and oxygen atoms in total. The molecule has 0 aliphatic carbocycles. The number of halogens is 1. The number of hydrogen-bond acceptors (Lipinski definition) is 4. The minimum Gasteiger partial charge on any atom is -0.275 e. The van der Waals surface area contributed by atoms with Crippen molar-refractivity contribution in [2.45, 2.75) is 19.9 Å². The third-order valence-electron chi connectivity index (χ3n) is 3.08. The Bertz CT molecular complexity index is 760. The summed E-state index contributed by atoms with van der Waals surface area (Å²) in [7, 11) is 1.86. The van der Waals surface area contributed by atoms with Crippen molar-refractivity contribution in [2.24, 2.45) is 7.05 Å². The van der Waals surface area contributed by atoms with Crippen LogP contribution < -0.4 is 0 Å². The van der Waals surface area contributed by atoms with Gasteiger partial charge in [-0.05, 0) is 12.5 Å². The predicted octanol–water partition coefficient (Wildman–Crippen LogP) is 2.80. The van der Waals surface area contributed by atoms with Crippen molar-refractivity contribution < 1.29 is 0 Å². The van der Waals surface area contributed by atoms with Crippen LogP contribution >= 0.6 is 11.6 Å². The van der Waals surface area contributed by atoms with Crippen molar-refractivity contribution in [1.29, 1.82) is 0 Å². The van der Waals surface area contributed by atoms with Crippen molar-refractivity contribution in [3.05, 3.63) is 35.9 Å². The van der Waals surface area contributed by atoms with E-state index in [1.807, 2.05) is 24.0 Å². The lowest BCUT2D eigenvalue weighted by atomic mass is 10.2. The van der Waals surface area contributed by atoms with Gasteiger partial charge in [0.2, 0.25) is 0 Å². The van der Waals surface area contributed by atoms with Gasteiger partial charge in [-0.2, -0.15) is 10.2 Å². The predicted molar refractivity (Wildman–Crippen MR) is 80.8 cm³/mol. The molecule has 0 amide bonds. The number of rotatable bonds is 4. The molecule has 0 radical (unpaired) electrons. The molecule has 0 fully saturated rings. The fourth-order valence-corrected chi connectivity index (χ4v) is 2.33. The molecule has 21 heavy (non-hydrogen) atoms. The van der Waals surface area contributed by atoms with Crippen LogP contribution in [0.4, 0.5) is 0 Å². The highest BCUT2D eigenvalue weighted by Crippen LogP contribution is 2.23. The molecule has 0 spiro atoms. The van der Waals surface area contributed by atoms with Gasteiger partial charge in [0.1, 0.15) is 10.8 Å². The summed E-state index contributed by atoms with van der Waals surface area (Å²) >= 11 is 6.15. The van der Waals surface area contributed by atoms with Crippen LogP contribution in [0.25, 0.3) is 22.8 Å². The summed E-state index contributed by atoms with van der Waals surface area (Å²) in [6, 6.07) is 3.64. The summed E-state index contributed by atoms with van der Waals surface area (Å²) < 4.78 is 3.62. The topological polar surface area (TPSA) is 61.4 Å². The van der Waals surface area contributed by atoms with E-state index in [1.54, 1.807) is 23.1 Å². The minimum absolute atomic E-state index is 0.406. The molecule has 0 N–H and O–H groups in total. The molecule has 7 heteroatoms. The van der Waals surface area contributed by atoms with E-state index in [0.29, 0.717) is 11.0 Å². The van der Waals surface area contributed by atoms with Gasteiger partial charge in [-0.15, -0.1) is 0 Å². The second-order valence-electron chi connectivity index (χ2n) is 4.74. The zero-order chi connectivity index (χ0) is 14.8. The maximum Gasteiger partial charge on any atom is 0.179 e. The number of hydrogen-bond donors (Lipinski definition) is 0. The van der Waals surface area contributed by atoms with Crippen LogP contribution in [0.1, 0.15) is 13.3 Å². The second-order valence-corrected chi connectivity index (χ2v) is 5.13. The molecule has 0 saturated carbocycles. The van der Waals surface area contributed by atoms with Crippen LogP contribution in [-0.2, 0) is 13.6 Å². The van der Waals surface area contributed by atoms with Crippen LogP contribution in [0.3, 0.4) is 0 Å². The molecule has 0 aromatic carbocycles. The molecule has 3 rings (SSSR count). The van der Waals surface area contributed by atoms with Crippen LogP contribution in [0.15, 0.2) is 30.7 Å². The first-order valence-corrected chi connectivity index (χ1v) is 7.11. The molecule has 0 atom stereocenters. The average molecular weight is 303 g/mol. The Hall–Kier alpha value is -2.21. The quantitative estimate of drug-likeness (QED) is 0.695. The van der Waals surface area contributed by atoms with Gasteiger partial charge in [0, 0.05) is 37.6 Å². The van der Waals surface area contributed by atoms with Gasteiger partial charge in [0.15, 0.2) is 5.82 Å². The fraction of sp³-hybridized carbons (Fsp3) is 0.286. The fourth-order valence-electron chi connectivity index (χ4n) is 2.15. The monoisotopic (exact) mass is 302 g/mol. The minimum atomic E-state index is 0.406. The molecule has 3 aromatic rings. The van der Waals surface area contributed by atoms with Crippen molar-refractivity contribution in [1.82, 2.24) is 29.5 Å². The molecule has 108 valence electrons. The van der Waals surface area contributed by atoms with Crippen molar-refractivity contribution in [3.63, 3.8) is 0 Å². The van der Waals surface area contributed by atoms with E-state index in [-0.39, 0.29) is 0 Å². The number of aryl methyl sites for hydroxylation is 2. The van der Waals surface area contributed by atoms with Crippen LogP contribution in [0, 0.1) is 0 Å². The first-order valence-electron chi connectivity index (χ1n) is 6.73. The molecule has 0 aliphatic rings. The van der Waals surface area contributed by atoms with Crippen molar-refractivity contribution in [3.8, 4) is 22.8 Å². The zero-order valence-corrected chi connectivity index (χ0v) is 12.6. The summed E-state index contributed by atoms with van der Waals surface area (Å²) in [5, 5.41) is 8.86. The largest absolute Gasteiger partial charge is 0.275 e. The standard InChI is InChI=1S/C14H15ClN6/c1-3-6-21-12(4-5-16-21)14-18-11(7-13(15)19-14)10-8-17-20(2)9-10/h4-5,7-9H,3,6H2,1-2H3. The molecule has 0 bridgehead atoms. The molecular formula is C14H15ClN6. The maximum atomic E-state index is 6.15. The summed E-state index contributed by atoms with van der Waals surface area (Å²) in [4.78, 5) is 8.91. The maximum absolute atomic E-state index is 6.15. The second kappa shape index (κ2) is 5.65. The third kappa shape index (κ3) is 2.80. The van der Waals surface area contributed by atoms with Gasteiger partial charge in [-0.1, -0.05) is 18.5 Å². The Morgan fingerprint density at radius 3 is 2.81 bits per heavy atom. The summed E-state index contributed by atoms with van der Waals surface area (Å²) in [6.07, 6.45) is 6.39. The van der Waals surface area contributed by atoms with E-state index in [1.165, 1.54) is 0 Å². The highest BCUT2D eigenvalue weighted by molar-refractivity contribution is 6.29. The SMILES string of the molecule is CCCn1nccc1-c1nc(Cl)cc(-c2cnn(C)c2)n1. The van der Waals surface area contributed by atoms with E-state index in [9.17, 15) is 0 Å². The van der Waals surface area contributed by atoms with Gasteiger partial charge >= 0.3 is 0 Å². The van der Waals surface area contributed by atoms with E-state index < -0.39 is 0 Å². The number of aromatic nitrogens is 6. The van der Waals surface area contributed by atoms with Crippen molar-refractivity contribution >= 4 is 11.6 Å². The van der Waals surface area contributed by atoms with E-state index in [0.717, 1.165) is 29.9 Å². The molecule has 0 unspecified atom stereocenters. The van der Waals surface area contributed by atoms with E-state index in [2.05, 4.69) is 27.1 Å². The summed E-state index contributed by atoms with van der Waals surface area (Å²) in [5.41, 5.74) is 2.52. The van der Waals surface area contributed by atoms with Crippen LogP contribution in [-0.4, -0.2) is 29.5 Å². The first kappa shape index (κ1) is 13.8. The summed E-state index contributed by atoms with van der Waals surface area (Å²) in [6.45, 7) is 2.92. The van der Waals surface area contributed by atoms with Crippen molar-refractivity contribution in [2.75, 3.05) is 0 Å². The smallest absolute Gasteiger partial charge is 0.179 e. The lowest BCUT2D eigenvalue weighted by Gasteiger charge is -2.06. The highest BCUT2D eigenvalue weighted by atomic mass is 35.5. The van der Waals surface area contributed by atoms with Crippen LogP contribution in [0.5, 0.6) is 0 Å². The highest BCUT2D eigenvalue weighted by Gasteiger charge is 2.12. The lowest BCUT2D eigenvalue weighted by molar-refractivity contribution is 0.607. The molecular weight excluding hydrogens is 288 g/mol. The normalized spacial score (nSPS) is 11.0. The van der Waals surface area contributed by atoms with Gasteiger partial charge in [-0.25, -0.2) is 9.97 Å². The van der Waals surface area contributed by atoms with E-state index >= 15 is 0 Å². The third-order valence-corrected chi connectivity index (χ3v) is 3.27. The van der Waals surface area contributed by atoms with E-state index in [4.69, 9.17) is 11.6 Å². The molecule has 0 aliphatic heterocycles. The lowest BCUT2D eigenvalue weighted by Crippen LogP contribution is -2.03. The Balaban J connectivity index is 2.07. The number of nitrogens with zero attached hydrogens (tertiary/aromatic N) is 6. The Kier molecular flexibility index (Phi) is 3.70. The Labute approximate surface area is 127 Å². The molecule has 0 saturated heterocycles. The Morgan fingerprint density at radius 2 is 2.10 bits per heavy atom. The van der Waals surface area contributed by atoms with Gasteiger partial charge in [0.05, 0.1) is 11.9 Å².